The standard InChI is InChI=1S/C22H27N5O2/c1-15(18-4-3-17-5-10-29-20(17)11-18)25-6-8-26(9-7-25)22-14-27-19(16(2)28)12-23-21(27)13-24-22/h3-4,11-16,28H,5-10H2,1-2H3/t15-,16?/m0/s1. The number of nitrogens with zero attached hydrogens (tertiary/aromatic N) is 5. The van der Waals surface area contributed by atoms with Crippen LogP contribution in [-0.4, -0.2) is 57.2 Å². The van der Waals surface area contributed by atoms with Crippen LogP contribution in [0.3, 0.4) is 0 Å². The molecule has 1 saturated heterocycles. The summed E-state index contributed by atoms with van der Waals surface area (Å²) in [6.45, 7) is 8.63. The Kier molecular flexibility index (Phi) is 4.64. The van der Waals surface area contributed by atoms with E-state index in [0.717, 1.165) is 62.1 Å². The van der Waals surface area contributed by atoms with E-state index < -0.39 is 6.10 Å². The Balaban J connectivity index is 1.29. The number of hydrogen-bond donors (Lipinski definition) is 1. The van der Waals surface area contributed by atoms with Crippen molar-refractivity contribution in [2.24, 2.45) is 0 Å². The summed E-state index contributed by atoms with van der Waals surface area (Å²) in [4.78, 5) is 13.7. The highest BCUT2D eigenvalue weighted by Gasteiger charge is 2.24. The molecule has 4 heterocycles. The first kappa shape index (κ1) is 18.4. The van der Waals surface area contributed by atoms with Crippen molar-refractivity contribution in [3.05, 3.63) is 53.6 Å². The molecule has 1 fully saturated rings. The van der Waals surface area contributed by atoms with E-state index in [1.807, 2.05) is 10.6 Å². The minimum Gasteiger partial charge on any atom is -0.493 e. The van der Waals surface area contributed by atoms with Crippen LogP contribution in [0.15, 0.2) is 36.8 Å². The maximum Gasteiger partial charge on any atom is 0.155 e. The molecular formula is C22H27N5O2. The van der Waals surface area contributed by atoms with Gasteiger partial charge in [0.2, 0.25) is 0 Å². The van der Waals surface area contributed by atoms with Crippen molar-refractivity contribution in [2.45, 2.75) is 32.4 Å². The predicted molar refractivity (Wildman–Crippen MR) is 111 cm³/mol. The van der Waals surface area contributed by atoms with E-state index in [0.29, 0.717) is 6.04 Å². The summed E-state index contributed by atoms with van der Waals surface area (Å²) in [5, 5.41) is 9.96. The van der Waals surface area contributed by atoms with Crippen LogP contribution in [0.4, 0.5) is 5.82 Å². The SMILES string of the molecule is CC(O)c1cnc2cnc(N3CCN([C@@H](C)c4ccc5c(c4)OCC5)CC3)cn12. The first-order valence-electron chi connectivity index (χ1n) is 10.4. The minimum atomic E-state index is -0.561. The van der Waals surface area contributed by atoms with E-state index in [4.69, 9.17) is 4.74 Å². The van der Waals surface area contributed by atoms with Crippen LogP contribution in [-0.2, 0) is 6.42 Å². The van der Waals surface area contributed by atoms with Crippen LogP contribution < -0.4 is 9.64 Å². The van der Waals surface area contributed by atoms with Crippen molar-refractivity contribution in [3.8, 4) is 5.75 Å². The number of imidazole rings is 1. The third-order valence-corrected chi connectivity index (χ3v) is 6.23. The quantitative estimate of drug-likeness (QED) is 0.735. The van der Waals surface area contributed by atoms with Crippen molar-refractivity contribution in [2.75, 3.05) is 37.7 Å². The van der Waals surface area contributed by atoms with E-state index in [2.05, 4.69) is 44.9 Å². The zero-order valence-corrected chi connectivity index (χ0v) is 17.0. The van der Waals surface area contributed by atoms with Gasteiger partial charge in [-0.25, -0.2) is 9.97 Å². The Morgan fingerprint density at radius 1 is 1.07 bits per heavy atom. The monoisotopic (exact) mass is 393 g/mol. The molecule has 5 rings (SSSR count). The number of hydrogen-bond acceptors (Lipinski definition) is 6. The normalized spacial score (nSPS) is 19.2. The number of fused-ring (bicyclic) bond motifs is 2. The molecule has 3 aromatic rings. The van der Waals surface area contributed by atoms with E-state index in [9.17, 15) is 5.11 Å². The first-order chi connectivity index (χ1) is 14.1. The fraction of sp³-hybridized carbons (Fsp3) is 0.455. The molecular weight excluding hydrogens is 366 g/mol. The van der Waals surface area contributed by atoms with Gasteiger partial charge in [-0.05, 0) is 31.0 Å². The number of benzene rings is 1. The van der Waals surface area contributed by atoms with Crippen molar-refractivity contribution < 1.29 is 9.84 Å². The Morgan fingerprint density at radius 3 is 2.69 bits per heavy atom. The molecule has 0 amide bonds. The smallest absolute Gasteiger partial charge is 0.155 e. The second-order valence-electron chi connectivity index (χ2n) is 8.00. The largest absolute Gasteiger partial charge is 0.493 e. The third kappa shape index (κ3) is 3.34. The van der Waals surface area contributed by atoms with E-state index in [1.165, 1.54) is 11.1 Å². The van der Waals surface area contributed by atoms with Gasteiger partial charge >= 0.3 is 0 Å². The number of piperazine rings is 1. The summed E-state index contributed by atoms with van der Waals surface area (Å²) in [6, 6.07) is 7.04. The number of rotatable bonds is 4. The molecule has 1 unspecified atom stereocenters. The zero-order chi connectivity index (χ0) is 20.0. The highest BCUT2D eigenvalue weighted by atomic mass is 16.5. The summed E-state index contributed by atoms with van der Waals surface area (Å²) in [7, 11) is 0. The van der Waals surface area contributed by atoms with Gasteiger partial charge in [-0.2, -0.15) is 0 Å². The van der Waals surface area contributed by atoms with Crippen molar-refractivity contribution >= 4 is 11.5 Å². The molecule has 0 aliphatic carbocycles. The van der Waals surface area contributed by atoms with Crippen LogP contribution in [0.5, 0.6) is 5.75 Å². The Labute approximate surface area is 170 Å². The van der Waals surface area contributed by atoms with E-state index >= 15 is 0 Å². The van der Waals surface area contributed by atoms with E-state index in [1.54, 1.807) is 19.3 Å². The Hall–Kier alpha value is -2.64. The lowest BCUT2D eigenvalue weighted by atomic mass is 10.0. The third-order valence-electron chi connectivity index (χ3n) is 6.23. The number of ether oxygens (including phenoxy) is 1. The molecule has 0 radical (unpaired) electrons. The van der Waals surface area contributed by atoms with Crippen LogP contribution in [0, 0.1) is 0 Å². The number of aromatic nitrogens is 3. The maximum absolute atomic E-state index is 9.96. The van der Waals surface area contributed by atoms with Gasteiger partial charge in [-0.3, -0.25) is 9.30 Å². The highest BCUT2D eigenvalue weighted by Crippen LogP contribution is 2.31. The summed E-state index contributed by atoms with van der Waals surface area (Å²) >= 11 is 0. The van der Waals surface area contributed by atoms with Crippen LogP contribution in [0.25, 0.3) is 5.65 Å². The van der Waals surface area contributed by atoms with Crippen LogP contribution >= 0.6 is 0 Å². The second-order valence-corrected chi connectivity index (χ2v) is 8.00. The van der Waals surface area contributed by atoms with Crippen molar-refractivity contribution in [1.82, 2.24) is 19.3 Å². The Morgan fingerprint density at radius 2 is 1.90 bits per heavy atom. The van der Waals surface area contributed by atoms with Crippen molar-refractivity contribution in [1.29, 1.82) is 0 Å². The summed E-state index contributed by atoms with van der Waals surface area (Å²) in [6.07, 6.45) is 5.94. The molecule has 2 aromatic heterocycles. The number of anilines is 1. The molecule has 152 valence electrons. The Bertz CT molecular complexity index is 1020. The number of aliphatic hydroxyl groups excluding tert-OH is 1. The fourth-order valence-corrected chi connectivity index (χ4v) is 4.36. The fourth-order valence-electron chi connectivity index (χ4n) is 4.36. The van der Waals surface area contributed by atoms with Crippen LogP contribution in [0.2, 0.25) is 0 Å². The zero-order valence-electron chi connectivity index (χ0n) is 17.0. The molecule has 1 aromatic carbocycles. The molecule has 1 N–H and O–H groups in total. The molecule has 7 heteroatoms. The molecule has 29 heavy (non-hydrogen) atoms. The minimum absolute atomic E-state index is 0.359. The lowest BCUT2D eigenvalue weighted by Crippen LogP contribution is -2.47. The predicted octanol–water partition coefficient (Wildman–Crippen LogP) is 2.60. The molecule has 2 aliphatic heterocycles. The lowest BCUT2D eigenvalue weighted by molar-refractivity contribution is 0.193. The molecule has 2 aliphatic rings. The second kappa shape index (κ2) is 7.31. The average Bonchev–Trinajstić information content (AvgIpc) is 3.39. The topological polar surface area (TPSA) is 66.1 Å². The lowest BCUT2D eigenvalue weighted by Gasteiger charge is -2.38. The molecule has 0 bridgehead atoms. The van der Waals surface area contributed by atoms with Gasteiger partial charge in [0.05, 0.1) is 37.0 Å². The van der Waals surface area contributed by atoms with Gasteiger partial charge in [0.15, 0.2) is 5.65 Å². The molecule has 0 saturated carbocycles. The van der Waals surface area contributed by atoms with Gasteiger partial charge in [0, 0.05) is 38.6 Å². The number of aliphatic hydroxyl groups is 1. The van der Waals surface area contributed by atoms with E-state index in [-0.39, 0.29) is 0 Å². The van der Waals surface area contributed by atoms with Gasteiger partial charge in [0.1, 0.15) is 11.6 Å². The summed E-state index contributed by atoms with van der Waals surface area (Å²) in [5.41, 5.74) is 4.19. The summed E-state index contributed by atoms with van der Waals surface area (Å²) in [5.74, 6) is 1.98. The molecule has 7 nitrogen and oxygen atoms in total. The van der Waals surface area contributed by atoms with Crippen molar-refractivity contribution in [3.63, 3.8) is 0 Å². The maximum atomic E-state index is 9.96. The van der Waals surface area contributed by atoms with Crippen LogP contribution in [0.1, 0.15) is 42.8 Å². The summed E-state index contributed by atoms with van der Waals surface area (Å²) < 4.78 is 7.68. The first-order valence-corrected chi connectivity index (χ1v) is 10.4. The average molecular weight is 393 g/mol. The highest BCUT2D eigenvalue weighted by molar-refractivity contribution is 5.47. The molecule has 2 atom stereocenters. The van der Waals surface area contributed by atoms with Gasteiger partial charge in [-0.1, -0.05) is 12.1 Å². The van der Waals surface area contributed by atoms with Gasteiger partial charge in [-0.15, -0.1) is 0 Å². The van der Waals surface area contributed by atoms with Gasteiger partial charge < -0.3 is 14.7 Å². The van der Waals surface area contributed by atoms with Gasteiger partial charge in [0.25, 0.3) is 0 Å². The molecule has 0 spiro atoms.